The number of pyridine rings is 1. The number of aryl methyl sites for hydroxylation is 1. The summed E-state index contributed by atoms with van der Waals surface area (Å²) < 4.78 is 13.9. The highest BCUT2D eigenvalue weighted by Gasteiger charge is 2.07. The monoisotopic (exact) mass is 239 g/mol. The largest absolute Gasteiger partial charge is 0.258 e. The normalized spacial score (nSPS) is 10.1. The van der Waals surface area contributed by atoms with Crippen molar-refractivity contribution in [2.45, 2.75) is 26.2 Å². The number of benzene rings is 1. The van der Waals surface area contributed by atoms with Gasteiger partial charge < -0.3 is 0 Å². The third-order valence-corrected chi connectivity index (χ3v) is 2.58. The minimum absolute atomic E-state index is 0. The Morgan fingerprint density at radius 3 is 2.75 bits per heavy atom. The van der Waals surface area contributed by atoms with Crippen molar-refractivity contribution in [2.75, 3.05) is 0 Å². The molecule has 0 bridgehead atoms. The van der Waals surface area contributed by atoms with Crippen molar-refractivity contribution in [1.82, 2.24) is 4.98 Å². The summed E-state index contributed by atoms with van der Waals surface area (Å²) in [5.41, 5.74) is 0.593. The van der Waals surface area contributed by atoms with Gasteiger partial charge in [0.05, 0.1) is 5.69 Å². The second kappa shape index (κ2) is 5.80. The van der Waals surface area contributed by atoms with E-state index >= 15 is 0 Å². The van der Waals surface area contributed by atoms with Crippen molar-refractivity contribution in [3.05, 3.63) is 42.0 Å². The summed E-state index contributed by atoms with van der Waals surface area (Å²) in [6.45, 7) is 2.10. The van der Waals surface area contributed by atoms with Crippen LogP contribution in [0.25, 0.3) is 10.8 Å². The molecule has 2 aromatic rings. The molecule has 0 saturated heterocycles. The zero-order valence-corrected chi connectivity index (χ0v) is 10.1. The number of fused-ring (bicyclic) bond motifs is 1. The molecule has 86 valence electrons. The summed E-state index contributed by atoms with van der Waals surface area (Å²) >= 11 is 0. The Morgan fingerprint density at radius 2 is 2.00 bits per heavy atom. The number of nitrogens with zero attached hydrogens (tertiary/aromatic N) is 1. The fraction of sp³-hybridized carbons (Fsp3) is 0.308. The lowest BCUT2D eigenvalue weighted by Crippen LogP contribution is -1.96. The van der Waals surface area contributed by atoms with E-state index in [2.05, 4.69) is 11.9 Å². The molecule has 0 fully saturated rings. The van der Waals surface area contributed by atoms with E-state index in [0.717, 1.165) is 24.6 Å². The molecule has 1 nitrogen and oxygen atoms in total. The molecule has 0 atom stereocenters. The number of rotatable bonds is 3. The van der Waals surface area contributed by atoms with E-state index < -0.39 is 0 Å². The number of unbranched alkanes of at least 4 members (excludes halogenated alkanes) is 1. The van der Waals surface area contributed by atoms with Crippen LogP contribution in [0.2, 0.25) is 0 Å². The zero-order chi connectivity index (χ0) is 10.7. The molecular formula is C13H15ClFN. The Hall–Kier alpha value is -1.15. The highest BCUT2D eigenvalue weighted by Crippen LogP contribution is 2.19. The van der Waals surface area contributed by atoms with E-state index in [-0.39, 0.29) is 18.2 Å². The van der Waals surface area contributed by atoms with Crippen LogP contribution in [0.5, 0.6) is 0 Å². The number of hydrogen-bond acceptors (Lipinski definition) is 1. The van der Waals surface area contributed by atoms with Gasteiger partial charge in [0.25, 0.3) is 0 Å². The quantitative estimate of drug-likeness (QED) is 0.785. The fourth-order valence-corrected chi connectivity index (χ4v) is 1.69. The molecule has 1 heterocycles. The third-order valence-electron chi connectivity index (χ3n) is 2.58. The molecule has 0 radical (unpaired) electrons. The Morgan fingerprint density at radius 1 is 1.25 bits per heavy atom. The average molecular weight is 240 g/mol. The molecule has 0 unspecified atom stereocenters. The van der Waals surface area contributed by atoms with E-state index in [1.807, 2.05) is 24.3 Å². The van der Waals surface area contributed by atoms with Crippen molar-refractivity contribution < 1.29 is 4.39 Å². The first kappa shape index (κ1) is 12.9. The van der Waals surface area contributed by atoms with Crippen LogP contribution in [-0.2, 0) is 6.42 Å². The Kier molecular flexibility index (Phi) is 4.69. The summed E-state index contributed by atoms with van der Waals surface area (Å²) in [4.78, 5) is 4.17. The topological polar surface area (TPSA) is 12.9 Å². The maximum Gasteiger partial charge on any atom is 0.152 e. The van der Waals surface area contributed by atoms with Crippen LogP contribution in [0.4, 0.5) is 4.39 Å². The van der Waals surface area contributed by atoms with Crippen LogP contribution in [-0.4, -0.2) is 4.98 Å². The minimum Gasteiger partial charge on any atom is -0.258 e. The van der Waals surface area contributed by atoms with Crippen LogP contribution in [0, 0.1) is 5.82 Å². The molecule has 0 saturated carbocycles. The molecular weight excluding hydrogens is 225 g/mol. The van der Waals surface area contributed by atoms with Crippen molar-refractivity contribution >= 4 is 23.2 Å². The first-order valence-electron chi connectivity index (χ1n) is 5.35. The Bertz CT molecular complexity index is 470. The fourth-order valence-electron chi connectivity index (χ4n) is 1.69. The smallest absolute Gasteiger partial charge is 0.152 e. The van der Waals surface area contributed by atoms with Gasteiger partial charge in [0, 0.05) is 17.0 Å². The maximum atomic E-state index is 13.9. The molecule has 0 N–H and O–H groups in total. The summed E-state index contributed by atoms with van der Waals surface area (Å²) in [6.07, 6.45) is 4.53. The summed E-state index contributed by atoms with van der Waals surface area (Å²) in [5, 5.41) is 1.55. The first-order chi connectivity index (χ1) is 7.33. The average Bonchev–Trinajstić information content (AvgIpc) is 2.29. The molecule has 0 amide bonds. The van der Waals surface area contributed by atoms with Gasteiger partial charge in [0.2, 0.25) is 0 Å². The van der Waals surface area contributed by atoms with Gasteiger partial charge in [-0.05, 0) is 12.8 Å². The molecule has 1 aromatic carbocycles. The van der Waals surface area contributed by atoms with Crippen molar-refractivity contribution in [2.24, 2.45) is 0 Å². The summed E-state index contributed by atoms with van der Waals surface area (Å²) in [5.74, 6) is -0.151. The van der Waals surface area contributed by atoms with E-state index in [1.54, 1.807) is 6.20 Å². The van der Waals surface area contributed by atoms with Gasteiger partial charge in [0.1, 0.15) is 0 Å². The SMILES string of the molecule is CCCCc1ncc2ccccc2c1F.Cl. The van der Waals surface area contributed by atoms with Crippen LogP contribution < -0.4 is 0 Å². The highest BCUT2D eigenvalue weighted by atomic mass is 35.5. The maximum absolute atomic E-state index is 13.9. The van der Waals surface area contributed by atoms with Crippen LogP contribution in [0.3, 0.4) is 0 Å². The molecule has 0 aliphatic carbocycles. The van der Waals surface area contributed by atoms with E-state index in [4.69, 9.17) is 0 Å². The van der Waals surface area contributed by atoms with Gasteiger partial charge in [0.15, 0.2) is 5.82 Å². The third kappa shape index (κ3) is 2.50. The molecule has 1 aromatic heterocycles. The van der Waals surface area contributed by atoms with Gasteiger partial charge in [-0.15, -0.1) is 12.4 Å². The van der Waals surface area contributed by atoms with Gasteiger partial charge in [-0.25, -0.2) is 4.39 Å². The lowest BCUT2D eigenvalue weighted by Gasteiger charge is -2.04. The Balaban J connectivity index is 0.00000128. The lowest BCUT2D eigenvalue weighted by molar-refractivity contribution is 0.603. The molecule has 3 heteroatoms. The highest BCUT2D eigenvalue weighted by molar-refractivity contribution is 5.85. The summed E-state index contributed by atoms with van der Waals surface area (Å²) in [6, 6.07) is 7.45. The van der Waals surface area contributed by atoms with Gasteiger partial charge in [-0.1, -0.05) is 37.6 Å². The number of halogens is 2. The lowest BCUT2D eigenvalue weighted by atomic mass is 10.1. The molecule has 0 spiro atoms. The first-order valence-corrected chi connectivity index (χ1v) is 5.35. The standard InChI is InChI=1S/C13H14FN.ClH/c1-2-3-8-12-13(14)11-7-5-4-6-10(11)9-15-12;/h4-7,9H,2-3,8H2,1H3;1H. The zero-order valence-electron chi connectivity index (χ0n) is 9.24. The Labute approximate surface area is 101 Å². The van der Waals surface area contributed by atoms with Crippen molar-refractivity contribution in [3.8, 4) is 0 Å². The predicted molar refractivity (Wildman–Crippen MR) is 67.6 cm³/mol. The number of aromatic nitrogens is 1. The van der Waals surface area contributed by atoms with Crippen LogP contribution >= 0.6 is 12.4 Å². The van der Waals surface area contributed by atoms with E-state index in [0.29, 0.717) is 11.1 Å². The molecule has 2 rings (SSSR count). The van der Waals surface area contributed by atoms with Crippen molar-refractivity contribution in [3.63, 3.8) is 0 Å². The van der Waals surface area contributed by atoms with Gasteiger partial charge >= 0.3 is 0 Å². The molecule has 0 aliphatic heterocycles. The van der Waals surface area contributed by atoms with E-state index in [9.17, 15) is 4.39 Å². The van der Waals surface area contributed by atoms with Crippen molar-refractivity contribution in [1.29, 1.82) is 0 Å². The molecule has 0 aliphatic rings. The number of hydrogen-bond donors (Lipinski definition) is 0. The predicted octanol–water partition coefficient (Wildman–Crippen LogP) is 4.14. The van der Waals surface area contributed by atoms with E-state index in [1.165, 1.54) is 0 Å². The minimum atomic E-state index is -0.151. The van der Waals surface area contributed by atoms with Crippen LogP contribution in [0.15, 0.2) is 30.5 Å². The molecule has 16 heavy (non-hydrogen) atoms. The second-order valence-electron chi connectivity index (χ2n) is 3.71. The van der Waals surface area contributed by atoms with Crippen LogP contribution in [0.1, 0.15) is 25.5 Å². The van der Waals surface area contributed by atoms with Gasteiger partial charge in [-0.2, -0.15) is 0 Å². The van der Waals surface area contributed by atoms with Gasteiger partial charge in [-0.3, -0.25) is 4.98 Å². The second-order valence-corrected chi connectivity index (χ2v) is 3.71. The summed E-state index contributed by atoms with van der Waals surface area (Å²) in [7, 11) is 0.